The molecule has 0 bridgehead atoms. The van der Waals surface area contributed by atoms with Crippen molar-refractivity contribution in [2.45, 2.75) is 45.2 Å². The van der Waals surface area contributed by atoms with E-state index in [2.05, 4.69) is 40.8 Å². The Labute approximate surface area is 120 Å². The molecule has 1 aromatic carbocycles. The number of nitrogens with one attached hydrogen (secondary N) is 1. The molecule has 0 saturated heterocycles. The van der Waals surface area contributed by atoms with E-state index in [-0.39, 0.29) is 0 Å². The Morgan fingerprint density at radius 3 is 2.90 bits per heavy atom. The van der Waals surface area contributed by atoms with Crippen molar-refractivity contribution in [2.75, 3.05) is 6.54 Å². The normalized spacial score (nSPS) is 15.8. The predicted octanol–water partition coefficient (Wildman–Crippen LogP) is 2.51. The van der Waals surface area contributed by atoms with E-state index in [0.717, 1.165) is 13.1 Å². The van der Waals surface area contributed by atoms with Crippen LogP contribution in [0, 0.1) is 0 Å². The topological polar surface area (TPSA) is 42.7 Å². The molecular formula is C16H22N4. The van der Waals surface area contributed by atoms with Crippen LogP contribution in [0.4, 0.5) is 0 Å². The van der Waals surface area contributed by atoms with Crippen molar-refractivity contribution in [2.24, 2.45) is 0 Å². The third kappa shape index (κ3) is 3.07. The van der Waals surface area contributed by atoms with Gasteiger partial charge in [0.1, 0.15) is 0 Å². The Morgan fingerprint density at radius 1 is 1.25 bits per heavy atom. The van der Waals surface area contributed by atoms with Crippen molar-refractivity contribution < 1.29 is 0 Å². The highest BCUT2D eigenvalue weighted by atomic mass is 15.4. The van der Waals surface area contributed by atoms with Gasteiger partial charge in [-0.1, -0.05) is 23.4 Å². The van der Waals surface area contributed by atoms with Crippen molar-refractivity contribution >= 4 is 0 Å². The van der Waals surface area contributed by atoms with Crippen LogP contribution in [0.3, 0.4) is 0 Å². The molecule has 106 valence electrons. The summed E-state index contributed by atoms with van der Waals surface area (Å²) in [7, 11) is 0. The van der Waals surface area contributed by atoms with Gasteiger partial charge in [-0.05, 0) is 49.3 Å². The lowest BCUT2D eigenvalue weighted by molar-refractivity contribution is 0.498. The molecule has 4 heteroatoms. The zero-order valence-corrected chi connectivity index (χ0v) is 12.0. The third-order valence-corrected chi connectivity index (χ3v) is 4.14. The summed E-state index contributed by atoms with van der Waals surface area (Å²) in [6, 6.07) is 7.36. The van der Waals surface area contributed by atoms with Crippen molar-refractivity contribution in [3.63, 3.8) is 0 Å². The highest BCUT2D eigenvalue weighted by Gasteiger charge is 2.12. The van der Waals surface area contributed by atoms with Crippen LogP contribution in [0.15, 0.2) is 30.6 Å². The average molecular weight is 270 g/mol. The predicted molar refractivity (Wildman–Crippen MR) is 79.5 cm³/mol. The first-order chi connectivity index (χ1) is 9.83. The smallest absolute Gasteiger partial charge is 0.0692 e. The van der Waals surface area contributed by atoms with Crippen LogP contribution in [0.5, 0.6) is 0 Å². The summed E-state index contributed by atoms with van der Waals surface area (Å²) >= 11 is 0. The van der Waals surface area contributed by atoms with Gasteiger partial charge in [0.25, 0.3) is 0 Å². The maximum Gasteiger partial charge on any atom is 0.0692 e. The van der Waals surface area contributed by atoms with E-state index in [4.69, 9.17) is 0 Å². The molecule has 1 heterocycles. The Balaban J connectivity index is 1.57. The molecule has 20 heavy (non-hydrogen) atoms. The quantitative estimate of drug-likeness (QED) is 0.907. The number of fused-ring (bicyclic) bond motifs is 1. The summed E-state index contributed by atoms with van der Waals surface area (Å²) in [5, 5.41) is 11.3. The second kappa shape index (κ2) is 6.18. The highest BCUT2D eigenvalue weighted by molar-refractivity contribution is 5.35. The van der Waals surface area contributed by atoms with Crippen LogP contribution >= 0.6 is 0 Å². The van der Waals surface area contributed by atoms with Crippen LogP contribution in [-0.2, 0) is 19.4 Å². The van der Waals surface area contributed by atoms with Gasteiger partial charge in [0, 0.05) is 18.8 Å². The van der Waals surface area contributed by atoms with Crippen LogP contribution in [0.25, 0.3) is 0 Å². The number of hydrogen-bond acceptors (Lipinski definition) is 3. The zero-order chi connectivity index (χ0) is 13.8. The first kappa shape index (κ1) is 13.3. The molecule has 1 N–H and O–H groups in total. The van der Waals surface area contributed by atoms with E-state index >= 15 is 0 Å². The fourth-order valence-electron chi connectivity index (χ4n) is 2.89. The van der Waals surface area contributed by atoms with Crippen LogP contribution in [0.2, 0.25) is 0 Å². The number of nitrogens with zero attached hydrogens (tertiary/aromatic N) is 3. The molecule has 0 fully saturated rings. The second-order valence-corrected chi connectivity index (χ2v) is 5.58. The van der Waals surface area contributed by atoms with E-state index < -0.39 is 0 Å². The van der Waals surface area contributed by atoms with Gasteiger partial charge in [0.05, 0.1) is 12.7 Å². The number of benzene rings is 1. The second-order valence-electron chi connectivity index (χ2n) is 5.58. The third-order valence-electron chi connectivity index (χ3n) is 4.14. The lowest BCUT2D eigenvalue weighted by Gasteiger charge is -2.20. The number of rotatable bonds is 5. The van der Waals surface area contributed by atoms with Gasteiger partial charge < -0.3 is 5.32 Å². The maximum atomic E-state index is 3.97. The Hall–Kier alpha value is -1.68. The standard InChI is InChI=1S/C16H22N4/c1-13(17-8-10-20-11-9-18-19-20)15-7-6-14-4-2-3-5-16(14)12-15/h6-7,9,11-13,17H,2-5,8,10H2,1H3. The number of aryl methyl sites for hydroxylation is 2. The van der Waals surface area contributed by atoms with Crippen LogP contribution < -0.4 is 5.32 Å². The summed E-state index contributed by atoms with van der Waals surface area (Å²) in [5.74, 6) is 0. The molecule has 1 aromatic heterocycles. The molecular weight excluding hydrogens is 248 g/mol. The van der Waals surface area contributed by atoms with Gasteiger partial charge in [0.2, 0.25) is 0 Å². The molecule has 3 rings (SSSR count). The molecule has 1 atom stereocenters. The van der Waals surface area contributed by atoms with Gasteiger partial charge in [0.15, 0.2) is 0 Å². The van der Waals surface area contributed by atoms with Gasteiger partial charge in [-0.15, -0.1) is 5.10 Å². The SMILES string of the molecule is CC(NCCn1ccnn1)c1ccc2c(c1)CCCC2. The molecule has 1 aliphatic carbocycles. The maximum absolute atomic E-state index is 3.97. The molecule has 1 aliphatic rings. The average Bonchev–Trinajstić information content (AvgIpc) is 3.00. The molecule has 0 aliphatic heterocycles. The summed E-state index contributed by atoms with van der Waals surface area (Å²) in [6.07, 6.45) is 8.79. The molecule has 4 nitrogen and oxygen atoms in total. The van der Waals surface area contributed by atoms with Crippen LogP contribution in [0.1, 0.15) is 42.5 Å². The molecule has 0 spiro atoms. The van der Waals surface area contributed by atoms with Crippen molar-refractivity contribution in [3.8, 4) is 0 Å². The van der Waals surface area contributed by atoms with Crippen molar-refractivity contribution in [3.05, 3.63) is 47.3 Å². The zero-order valence-electron chi connectivity index (χ0n) is 12.0. The Kier molecular flexibility index (Phi) is 4.11. The number of hydrogen-bond donors (Lipinski definition) is 1. The molecule has 0 saturated carbocycles. The molecule has 0 amide bonds. The van der Waals surface area contributed by atoms with E-state index in [1.165, 1.54) is 31.2 Å². The van der Waals surface area contributed by atoms with E-state index in [1.807, 2.05) is 10.9 Å². The lowest BCUT2D eigenvalue weighted by Crippen LogP contribution is -2.24. The van der Waals surface area contributed by atoms with Gasteiger partial charge in [-0.25, -0.2) is 0 Å². The minimum Gasteiger partial charge on any atom is -0.308 e. The fraction of sp³-hybridized carbons (Fsp3) is 0.500. The van der Waals surface area contributed by atoms with Gasteiger partial charge >= 0.3 is 0 Å². The Morgan fingerprint density at radius 2 is 2.10 bits per heavy atom. The van der Waals surface area contributed by atoms with Crippen molar-refractivity contribution in [1.29, 1.82) is 0 Å². The highest BCUT2D eigenvalue weighted by Crippen LogP contribution is 2.24. The first-order valence-corrected chi connectivity index (χ1v) is 7.52. The Bertz CT molecular complexity index is 548. The van der Waals surface area contributed by atoms with E-state index in [1.54, 1.807) is 17.3 Å². The summed E-state index contributed by atoms with van der Waals surface area (Å²) in [4.78, 5) is 0. The number of aromatic nitrogens is 3. The van der Waals surface area contributed by atoms with Crippen molar-refractivity contribution in [1.82, 2.24) is 20.3 Å². The first-order valence-electron chi connectivity index (χ1n) is 7.52. The monoisotopic (exact) mass is 270 g/mol. The van der Waals surface area contributed by atoms with Crippen LogP contribution in [-0.4, -0.2) is 21.5 Å². The fourth-order valence-corrected chi connectivity index (χ4v) is 2.89. The van der Waals surface area contributed by atoms with Gasteiger partial charge in [-0.3, -0.25) is 4.68 Å². The van der Waals surface area contributed by atoms with Gasteiger partial charge in [-0.2, -0.15) is 0 Å². The summed E-state index contributed by atoms with van der Waals surface area (Å²) in [6.45, 7) is 3.99. The minimum absolute atomic E-state index is 0.380. The lowest BCUT2D eigenvalue weighted by atomic mass is 9.89. The minimum atomic E-state index is 0.380. The van der Waals surface area contributed by atoms with E-state index in [0.29, 0.717) is 6.04 Å². The molecule has 2 aromatic rings. The molecule has 0 radical (unpaired) electrons. The van der Waals surface area contributed by atoms with E-state index in [9.17, 15) is 0 Å². The summed E-state index contributed by atoms with van der Waals surface area (Å²) < 4.78 is 1.85. The largest absolute Gasteiger partial charge is 0.308 e. The summed E-state index contributed by atoms with van der Waals surface area (Å²) in [5.41, 5.74) is 4.50. The molecule has 1 unspecified atom stereocenters.